The van der Waals surface area contributed by atoms with Crippen molar-refractivity contribution in [2.45, 2.75) is 12.3 Å². The summed E-state index contributed by atoms with van der Waals surface area (Å²) < 4.78 is 3.48. The maximum absolute atomic E-state index is 9.72. The highest BCUT2D eigenvalue weighted by molar-refractivity contribution is 5.72. The number of aliphatic hydroxyl groups excluding tert-OH is 2. The summed E-state index contributed by atoms with van der Waals surface area (Å²) in [5.74, 6) is 0. The molecule has 2 N–H and O–H groups in total. The minimum Gasteiger partial charge on any atom is -0.447 e. The molecule has 6 nitrogen and oxygen atoms in total. The van der Waals surface area contributed by atoms with E-state index in [4.69, 9.17) is 0 Å². The highest BCUT2D eigenvalue weighted by Crippen LogP contribution is 2.22. The molecule has 0 unspecified atom stereocenters. The van der Waals surface area contributed by atoms with Crippen molar-refractivity contribution in [3.63, 3.8) is 0 Å². The number of hydrogen-bond acceptors (Lipinski definition) is 2. The molecule has 14 heavy (non-hydrogen) atoms. The molecule has 2 aliphatic heterocycles. The van der Waals surface area contributed by atoms with Crippen molar-refractivity contribution in [1.29, 1.82) is 0 Å². The summed E-state index contributed by atoms with van der Waals surface area (Å²) >= 11 is 0. The second kappa shape index (κ2) is 2.52. The zero-order valence-electron chi connectivity index (χ0n) is 8.84. The Kier molecular flexibility index (Phi) is 1.64. The van der Waals surface area contributed by atoms with Crippen LogP contribution in [0.4, 0.5) is 0 Å². The molecule has 0 fully saturated rings. The Bertz CT molecular complexity index is 317. The predicted octanol–water partition coefficient (Wildman–Crippen LogP) is -1.36. The highest BCUT2D eigenvalue weighted by atomic mass is 16.3. The summed E-state index contributed by atoms with van der Waals surface area (Å²) in [5, 5.41) is 19.4. The van der Waals surface area contributed by atoms with E-state index >= 15 is 0 Å². The van der Waals surface area contributed by atoms with E-state index in [9.17, 15) is 10.2 Å². The SMILES string of the molecule is CN1C(O)=[N+](C)C2C1N(C)C(O)=[N+]2C. The van der Waals surface area contributed by atoms with Crippen molar-refractivity contribution in [3.05, 3.63) is 0 Å². The molecular weight excluding hydrogens is 184 g/mol. The van der Waals surface area contributed by atoms with Gasteiger partial charge in [-0.25, -0.2) is 0 Å². The molecule has 0 saturated carbocycles. The first-order valence-corrected chi connectivity index (χ1v) is 4.50. The van der Waals surface area contributed by atoms with Crippen LogP contribution in [-0.4, -0.2) is 81.7 Å². The van der Waals surface area contributed by atoms with E-state index in [-0.39, 0.29) is 24.4 Å². The molecule has 0 amide bonds. The third-order valence-electron chi connectivity index (χ3n) is 3.12. The topological polar surface area (TPSA) is 53.0 Å². The van der Waals surface area contributed by atoms with Crippen molar-refractivity contribution in [2.75, 3.05) is 28.2 Å². The summed E-state index contributed by atoms with van der Waals surface area (Å²) in [6.07, 6.45) is -0.0741. The molecule has 0 aromatic heterocycles. The summed E-state index contributed by atoms with van der Waals surface area (Å²) in [7, 11) is 7.22. The van der Waals surface area contributed by atoms with Gasteiger partial charge in [0.05, 0.1) is 28.2 Å². The van der Waals surface area contributed by atoms with Crippen molar-refractivity contribution >= 4 is 12.0 Å². The third kappa shape index (κ3) is 0.804. The zero-order chi connectivity index (χ0) is 10.6. The zero-order valence-corrected chi connectivity index (χ0v) is 8.84. The Hall–Kier alpha value is -1.46. The van der Waals surface area contributed by atoms with Gasteiger partial charge in [0.25, 0.3) is 0 Å². The molecule has 0 aromatic carbocycles. The Morgan fingerprint density at radius 1 is 1.00 bits per heavy atom. The van der Waals surface area contributed by atoms with Crippen LogP contribution in [0.15, 0.2) is 0 Å². The van der Waals surface area contributed by atoms with Crippen LogP contribution in [0.3, 0.4) is 0 Å². The number of aliphatic hydroxyl groups is 2. The second-order valence-electron chi connectivity index (χ2n) is 3.87. The number of amidine groups is 2. The third-order valence-corrected chi connectivity index (χ3v) is 3.12. The monoisotopic (exact) mass is 200 g/mol. The van der Waals surface area contributed by atoms with Crippen molar-refractivity contribution < 1.29 is 19.4 Å². The molecule has 0 spiro atoms. The number of fused-ring (bicyclic) bond motifs is 1. The standard InChI is InChI=1S/C8H14N4O2/c1-9-5-6(11(3)7(9)13)12(4)8(14)10(5)2/h5-6H,1-4H3/p+2. The summed E-state index contributed by atoms with van der Waals surface area (Å²) in [6.45, 7) is 0. The Balaban J connectivity index is 2.47. The average Bonchev–Trinajstić information content (AvgIpc) is 2.51. The fraction of sp³-hybridized carbons (Fsp3) is 0.750. The summed E-state index contributed by atoms with van der Waals surface area (Å²) in [5.41, 5.74) is 0. The molecule has 0 bridgehead atoms. The first-order chi connectivity index (χ1) is 6.46. The molecule has 2 rings (SSSR count). The van der Waals surface area contributed by atoms with Gasteiger partial charge < -0.3 is 10.2 Å². The number of likely N-dealkylation sites (N-methyl/N-ethyl adjacent to an activating group) is 4. The smallest absolute Gasteiger partial charge is 0.447 e. The lowest BCUT2D eigenvalue weighted by atomic mass is 10.3. The first-order valence-electron chi connectivity index (χ1n) is 4.50. The van der Waals surface area contributed by atoms with Crippen LogP contribution in [0.1, 0.15) is 0 Å². The fourth-order valence-corrected chi connectivity index (χ4v) is 2.29. The maximum atomic E-state index is 9.72. The van der Waals surface area contributed by atoms with Gasteiger partial charge in [-0.1, -0.05) is 0 Å². The molecule has 0 aliphatic carbocycles. The number of hydrogen-bond donors (Lipinski definition) is 2. The van der Waals surface area contributed by atoms with Crippen LogP contribution >= 0.6 is 0 Å². The van der Waals surface area contributed by atoms with Gasteiger partial charge in [-0.3, -0.25) is 0 Å². The molecule has 6 heteroatoms. The fourth-order valence-electron chi connectivity index (χ4n) is 2.29. The van der Waals surface area contributed by atoms with E-state index in [1.807, 2.05) is 0 Å². The van der Waals surface area contributed by atoms with E-state index in [1.165, 1.54) is 0 Å². The van der Waals surface area contributed by atoms with Crippen LogP contribution in [0.25, 0.3) is 0 Å². The molecule has 0 radical (unpaired) electrons. The molecular formula is C8H16N4O2+2. The molecule has 0 saturated heterocycles. The van der Waals surface area contributed by atoms with E-state index < -0.39 is 0 Å². The highest BCUT2D eigenvalue weighted by Gasteiger charge is 2.60. The largest absolute Gasteiger partial charge is 0.450 e. The maximum Gasteiger partial charge on any atom is 0.450 e. The Morgan fingerprint density at radius 2 is 1.36 bits per heavy atom. The number of rotatable bonds is 0. The lowest BCUT2D eigenvalue weighted by molar-refractivity contribution is -0.749. The van der Waals surface area contributed by atoms with Crippen molar-refractivity contribution in [3.8, 4) is 0 Å². The summed E-state index contributed by atoms with van der Waals surface area (Å²) in [6, 6.07) is 0.456. The molecule has 2 aliphatic rings. The van der Waals surface area contributed by atoms with Crippen molar-refractivity contribution in [1.82, 2.24) is 9.80 Å². The van der Waals surface area contributed by atoms with Crippen LogP contribution in [0, 0.1) is 0 Å². The van der Waals surface area contributed by atoms with Crippen molar-refractivity contribution in [2.24, 2.45) is 0 Å². The Labute approximate surface area is 82.6 Å². The molecule has 0 aromatic rings. The van der Waals surface area contributed by atoms with Gasteiger partial charge in [0.15, 0.2) is 0 Å². The van der Waals surface area contributed by atoms with E-state index in [0.717, 1.165) is 0 Å². The van der Waals surface area contributed by atoms with E-state index in [0.29, 0.717) is 0 Å². The van der Waals surface area contributed by atoms with Gasteiger partial charge in [0.1, 0.15) is 0 Å². The quantitative estimate of drug-likeness (QED) is 0.474. The average molecular weight is 200 g/mol. The van der Waals surface area contributed by atoms with Gasteiger partial charge >= 0.3 is 24.4 Å². The van der Waals surface area contributed by atoms with Crippen LogP contribution in [-0.2, 0) is 0 Å². The van der Waals surface area contributed by atoms with Crippen LogP contribution in [0.5, 0.6) is 0 Å². The molecule has 0 atom stereocenters. The van der Waals surface area contributed by atoms with Crippen LogP contribution in [0.2, 0.25) is 0 Å². The number of nitrogens with zero attached hydrogens (tertiary/aromatic N) is 4. The van der Waals surface area contributed by atoms with Gasteiger partial charge in [-0.05, 0) is 0 Å². The normalized spacial score (nSPS) is 32.0. The minimum atomic E-state index is -0.0370. The van der Waals surface area contributed by atoms with Crippen LogP contribution < -0.4 is 0 Å². The van der Waals surface area contributed by atoms with Gasteiger partial charge in [-0.2, -0.15) is 19.0 Å². The minimum absolute atomic E-state index is 0.0370. The van der Waals surface area contributed by atoms with Gasteiger partial charge in [0.2, 0.25) is 0 Å². The molecule has 78 valence electrons. The second-order valence-corrected chi connectivity index (χ2v) is 3.87. The molecule has 2 heterocycles. The summed E-state index contributed by atoms with van der Waals surface area (Å²) in [4.78, 5) is 3.48. The van der Waals surface area contributed by atoms with Gasteiger partial charge in [-0.15, -0.1) is 0 Å². The Morgan fingerprint density at radius 3 is 1.64 bits per heavy atom. The van der Waals surface area contributed by atoms with E-state index in [2.05, 4.69) is 0 Å². The first kappa shape index (κ1) is 9.11. The van der Waals surface area contributed by atoms with Gasteiger partial charge in [0, 0.05) is 0 Å². The lowest BCUT2D eigenvalue weighted by Gasteiger charge is -2.13. The van der Waals surface area contributed by atoms with E-state index in [1.54, 1.807) is 47.1 Å². The predicted molar refractivity (Wildman–Crippen MR) is 50.7 cm³/mol. The lowest BCUT2D eigenvalue weighted by Crippen LogP contribution is -2.46.